The first-order valence-electron chi connectivity index (χ1n) is 28.0. The maximum absolute atomic E-state index is 13.9. The van der Waals surface area contributed by atoms with Gasteiger partial charge in [-0.05, 0) is 181 Å². The lowest BCUT2D eigenvalue weighted by molar-refractivity contribution is 0.0686. The van der Waals surface area contributed by atoms with Crippen molar-refractivity contribution in [3.8, 4) is 5.75 Å². The molecule has 0 fully saturated rings. The number of aryl methyl sites for hydroxylation is 7. The summed E-state index contributed by atoms with van der Waals surface area (Å²) in [6, 6.07) is 57.0. The zero-order valence-electron chi connectivity index (χ0n) is 48.5. The number of hydrogen-bond donors (Lipinski definition) is 6. The second kappa shape index (κ2) is 31.3. The summed E-state index contributed by atoms with van der Waals surface area (Å²) >= 11 is 0. The predicted molar refractivity (Wildman–Crippen MR) is 339 cm³/mol. The number of halogens is 2. The fourth-order valence-corrected chi connectivity index (χ4v) is 12.7. The van der Waals surface area contributed by atoms with Gasteiger partial charge in [0.05, 0.1) is 50.7 Å². The molecule has 21 heteroatoms. The van der Waals surface area contributed by atoms with E-state index in [0.29, 0.717) is 61.2 Å². The molecule has 0 heterocycles. The Kier molecular flexibility index (Phi) is 23.5. The number of carboxylic acids is 3. The highest BCUT2D eigenvalue weighted by atomic mass is 32.2. The van der Waals surface area contributed by atoms with Crippen LogP contribution >= 0.6 is 0 Å². The number of para-hydroxylation sites is 3. The van der Waals surface area contributed by atoms with Crippen LogP contribution in [0.2, 0.25) is 0 Å². The number of sulfonamides is 3. The Balaban J connectivity index is 0.000000190. The van der Waals surface area contributed by atoms with Crippen LogP contribution in [0.15, 0.2) is 227 Å². The van der Waals surface area contributed by atoms with Crippen molar-refractivity contribution < 1.29 is 68.5 Å². The Hall–Kier alpha value is -9.70. The molecule has 0 aliphatic heterocycles. The van der Waals surface area contributed by atoms with Crippen LogP contribution in [0.25, 0.3) is 0 Å². The Morgan fingerprint density at radius 3 is 1.16 bits per heavy atom. The van der Waals surface area contributed by atoms with E-state index in [1.165, 1.54) is 31.4 Å². The van der Waals surface area contributed by atoms with Gasteiger partial charge in [0.25, 0.3) is 30.1 Å². The third-order valence-electron chi connectivity index (χ3n) is 13.9. The van der Waals surface area contributed by atoms with Gasteiger partial charge in [0.15, 0.2) is 4.90 Å². The first-order valence-corrected chi connectivity index (χ1v) is 32.5. The third kappa shape index (κ3) is 19.4. The maximum atomic E-state index is 13.9. The maximum Gasteiger partial charge on any atom is 0.335 e. The summed E-state index contributed by atoms with van der Waals surface area (Å²) in [6.07, 6.45) is 6.28. The lowest BCUT2D eigenvalue weighted by atomic mass is 10.0. The molecule has 0 unspecified atom stereocenters. The number of rotatable bonds is 25. The van der Waals surface area contributed by atoms with E-state index in [4.69, 9.17) is 20.1 Å². The minimum atomic E-state index is -4.48. The number of aromatic carboxylic acids is 3. The van der Waals surface area contributed by atoms with E-state index in [-0.39, 0.29) is 32.2 Å². The van der Waals surface area contributed by atoms with Crippen molar-refractivity contribution in [1.29, 1.82) is 0 Å². The second-order valence-corrected chi connectivity index (χ2v) is 25.3. The molecule has 89 heavy (non-hydrogen) atoms. The van der Waals surface area contributed by atoms with Crippen LogP contribution in [-0.2, 0) is 75.0 Å². The number of unbranched alkanes of at least 4 members (excludes halogenated alkanes) is 1. The van der Waals surface area contributed by atoms with Gasteiger partial charge >= 0.3 is 17.9 Å². The minimum Gasteiger partial charge on any atom is -0.497 e. The third-order valence-corrected chi connectivity index (χ3v) is 18.1. The van der Waals surface area contributed by atoms with Crippen molar-refractivity contribution >= 4 is 65.0 Å². The van der Waals surface area contributed by atoms with Gasteiger partial charge in [0.2, 0.25) is 0 Å². The number of carbonyl (C=O) groups is 3. The summed E-state index contributed by atoms with van der Waals surface area (Å²) in [4.78, 5) is 32.7. The van der Waals surface area contributed by atoms with E-state index in [9.17, 15) is 48.4 Å². The molecule has 0 aliphatic rings. The SMILES string of the molecule is CCCCc1ccc(S(=O)(=O)Nc2ccccc2CCc2cccc(C(=O)O)c2)cc1.COc1cccc(S(=O)(=O)Nc2ccccc2CCc2cccc(C(=O)O)c2)c1.O=C(O)c1cccc(CCc2ccccc2NS(=O)(=O)c2c(F)cccc2F)c1. The average Bonchev–Trinajstić information content (AvgIpc) is 3.43. The van der Waals surface area contributed by atoms with E-state index in [0.717, 1.165) is 70.8 Å². The molecule has 0 atom stereocenters. The van der Waals surface area contributed by atoms with E-state index in [2.05, 4.69) is 21.1 Å². The molecular weight excluding hydrogens is 1200 g/mol. The molecule has 0 saturated carbocycles. The Bertz CT molecular complexity index is 4280. The van der Waals surface area contributed by atoms with Gasteiger partial charge in [-0.2, -0.15) is 0 Å². The van der Waals surface area contributed by atoms with Crippen LogP contribution in [-0.4, -0.2) is 65.6 Å². The summed E-state index contributed by atoms with van der Waals surface area (Å²) in [5.41, 5.74) is 7.79. The highest BCUT2D eigenvalue weighted by Crippen LogP contribution is 2.28. The Morgan fingerprint density at radius 1 is 0.393 bits per heavy atom. The summed E-state index contributed by atoms with van der Waals surface area (Å²) in [5, 5.41) is 27.4. The molecule has 462 valence electrons. The van der Waals surface area contributed by atoms with Crippen molar-refractivity contribution in [3.05, 3.63) is 280 Å². The van der Waals surface area contributed by atoms with E-state index >= 15 is 0 Å². The number of benzene rings is 9. The first kappa shape index (κ1) is 66.8. The van der Waals surface area contributed by atoms with Gasteiger partial charge in [-0.25, -0.2) is 48.4 Å². The lowest BCUT2D eigenvalue weighted by Gasteiger charge is -2.14. The molecule has 9 aromatic rings. The normalized spacial score (nSPS) is 11.2. The smallest absolute Gasteiger partial charge is 0.335 e. The molecule has 0 aromatic heterocycles. The summed E-state index contributed by atoms with van der Waals surface area (Å²) in [5.74, 6) is -4.87. The monoisotopic (exact) mass is 1270 g/mol. The number of ether oxygens (including phenoxy) is 1. The minimum absolute atomic E-state index is 0.112. The number of hydrogen-bond acceptors (Lipinski definition) is 10. The summed E-state index contributed by atoms with van der Waals surface area (Å²) < 4.78 is 117. The molecule has 0 aliphatic carbocycles. The molecule has 0 radical (unpaired) electrons. The largest absolute Gasteiger partial charge is 0.497 e. The van der Waals surface area contributed by atoms with Crippen LogP contribution < -0.4 is 18.9 Å². The molecule has 0 amide bonds. The fourth-order valence-electron chi connectivity index (χ4n) is 9.26. The van der Waals surface area contributed by atoms with E-state index < -0.39 is 64.5 Å². The molecule has 6 N–H and O–H groups in total. The number of methoxy groups -OCH3 is 1. The molecular formula is C68H65F2N3O13S3. The van der Waals surface area contributed by atoms with Crippen LogP contribution in [0.5, 0.6) is 5.75 Å². The van der Waals surface area contributed by atoms with Gasteiger partial charge in [-0.15, -0.1) is 0 Å². The quantitative estimate of drug-likeness (QED) is 0.0311. The molecule has 16 nitrogen and oxygen atoms in total. The van der Waals surface area contributed by atoms with Gasteiger partial charge in [-0.1, -0.05) is 129 Å². The van der Waals surface area contributed by atoms with Crippen molar-refractivity contribution in [3.63, 3.8) is 0 Å². The zero-order chi connectivity index (χ0) is 64.1. The van der Waals surface area contributed by atoms with Crippen molar-refractivity contribution in [1.82, 2.24) is 0 Å². The molecule has 0 spiro atoms. The molecule has 0 bridgehead atoms. The van der Waals surface area contributed by atoms with Gasteiger partial charge in [-0.3, -0.25) is 14.2 Å². The van der Waals surface area contributed by atoms with Crippen LogP contribution in [0.3, 0.4) is 0 Å². The molecule has 9 aromatic carbocycles. The lowest BCUT2D eigenvalue weighted by Crippen LogP contribution is -2.17. The standard InChI is InChI=1S/C25H27NO4S.C22H21NO5S.C21H17F2NO4S/c1-2-3-7-19-13-16-23(17-14-19)31(29,30)26-24-11-5-4-9-21(24)15-12-20-8-6-10-22(18-20)25(27)28;1-28-19-9-5-10-20(15-19)29(26,27)23-21-11-3-2-7-17(21)13-12-16-6-4-8-18(14-16)22(24)25;22-17-8-4-9-18(23)20(17)29(27,28)24-19-10-2-1-6-15(19)12-11-14-5-3-7-16(13-14)21(25)26/h4-6,8-11,13-14,16-18,26H,2-3,7,12,15H2,1H3,(H,27,28);2-11,14-15,23H,12-13H2,1H3,(H,24,25);1-10,13,24H,11-12H2,(H,25,26). The molecule has 0 saturated heterocycles. The first-order chi connectivity index (χ1) is 42.5. The van der Waals surface area contributed by atoms with Crippen molar-refractivity contribution in [2.45, 2.75) is 79.4 Å². The Labute approximate surface area is 516 Å². The predicted octanol–water partition coefficient (Wildman–Crippen LogP) is 13.5. The van der Waals surface area contributed by atoms with Crippen LogP contribution in [0, 0.1) is 11.6 Å². The van der Waals surface area contributed by atoms with E-state index in [1.54, 1.807) is 121 Å². The van der Waals surface area contributed by atoms with Crippen LogP contribution in [0.4, 0.5) is 25.8 Å². The highest BCUT2D eigenvalue weighted by molar-refractivity contribution is 7.93. The molecule has 9 rings (SSSR count). The van der Waals surface area contributed by atoms with Crippen molar-refractivity contribution in [2.75, 3.05) is 21.3 Å². The highest BCUT2D eigenvalue weighted by Gasteiger charge is 2.25. The van der Waals surface area contributed by atoms with E-state index in [1.807, 2.05) is 48.5 Å². The summed E-state index contributed by atoms with van der Waals surface area (Å²) in [6.45, 7) is 2.13. The van der Waals surface area contributed by atoms with Gasteiger partial charge < -0.3 is 20.1 Å². The Morgan fingerprint density at radius 2 is 0.764 bits per heavy atom. The van der Waals surface area contributed by atoms with Gasteiger partial charge in [0.1, 0.15) is 17.4 Å². The van der Waals surface area contributed by atoms with Crippen molar-refractivity contribution in [2.24, 2.45) is 0 Å². The summed E-state index contributed by atoms with van der Waals surface area (Å²) in [7, 11) is -10.5. The fraction of sp³-hybridized carbons (Fsp3) is 0.162. The zero-order valence-corrected chi connectivity index (χ0v) is 50.9. The topological polar surface area (TPSA) is 260 Å². The number of nitrogens with one attached hydrogen (secondary N) is 3. The number of anilines is 3. The van der Waals surface area contributed by atoms with Crippen LogP contribution in [0.1, 0.15) is 89.8 Å². The average molecular weight is 1270 g/mol. The second-order valence-electron chi connectivity index (χ2n) is 20.3. The number of carboxylic acid groups (broad SMARTS) is 3. The van der Waals surface area contributed by atoms with Gasteiger partial charge in [0, 0.05) is 6.07 Å².